The lowest BCUT2D eigenvalue weighted by Gasteiger charge is -2.26. The van der Waals surface area contributed by atoms with Gasteiger partial charge >= 0.3 is 0 Å². The van der Waals surface area contributed by atoms with Crippen LogP contribution in [-0.2, 0) is 16.0 Å². The Hall–Kier alpha value is -2.04. The van der Waals surface area contributed by atoms with E-state index < -0.39 is 0 Å². The third kappa shape index (κ3) is 3.54. The van der Waals surface area contributed by atoms with Gasteiger partial charge in [-0.3, -0.25) is 9.59 Å². The molecule has 1 aliphatic rings. The number of hydrogen-bond acceptors (Lipinski definition) is 3. The van der Waals surface area contributed by atoms with Crippen LogP contribution in [0.25, 0.3) is 0 Å². The van der Waals surface area contributed by atoms with Gasteiger partial charge in [0.1, 0.15) is 11.8 Å². The van der Waals surface area contributed by atoms with E-state index >= 15 is 0 Å². The molecule has 1 aromatic rings. The van der Waals surface area contributed by atoms with Gasteiger partial charge in [0.25, 0.3) is 0 Å². The number of phenols is 1. The minimum Gasteiger partial charge on any atom is -0.508 e. The van der Waals surface area contributed by atoms with Gasteiger partial charge < -0.3 is 14.9 Å². The third-order valence-electron chi connectivity index (χ3n) is 3.90. The fraction of sp³-hybridized carbons (Fsp3) is 0.500. The van der Waals surface area contributed by atoms with Gasteiger partial charge in [0.05, 0.1) is 0 Å². The van der Waals surface area contributed by atoms with Crippen molar-refractivity contribution < 1.29 is 14.7 Å². The summed E-state index contributed by atoms with van der Waals surface area (Å²) in [6.45, 7) is 0.643. The summed E-state index contributed by atoms with van der Waals surface area (Å²) in [6, 6.07) is 6.71. The quantitative estimate of drug-likeness (QED) is 0.912. The number of phenolic OH excluding ortho intramolecular Hbond substituents is 1. The molecule has 0 aromatic heterocycles. The summed E-state index contributed by atoms with van der Waals surface area (Å²) >= 11 is 0. The SMILES string of the molecule is CN(C)C(=O)C1CCCN1C(=O)CCc1ccccc1O. The van der Waals surface area contributed by atoms with Crippen LogP contribution in [0.1, 0.15) is 24.8 Å². The van der Waals surface area contributed by atoms with E-state index in [-0.39, 0.29) is 23.6 Å². The number of para-hydroxylation sites is 1. The minimum absolute atomic E-state index is 0.0107. The maximum Gasteiger partial charge on any atom is 0.244 e. The molecule has 1 unspecified atom stereocenters. The van der Waals surface area contributed by atoms with Gasteiger partial charge in [-0.2, -0.15) is 0 Å². The van der Waals surface area contributed by atoms with E-state index in [1.165, 1.54) is 0 Å². The van der Waals surface area contributed by atoms with E-state index in [0.717, 1.165) is 18.4 Å². The number of likely N-dealkylation sites (N-methyl/N-ethyl adjacent to an activating group) is 1. The molecule has 1 aliphatic heterocycles. The van der Waals surface area contributed by atoms with Crippen LogP contribution in [0.4, 0.5) is 0 Å². The largest absolute Gasteiger partial charge is 0.508 e. The Balaban J connectivity index is 1.97. The second kappa shape index (κ2) is 6.61. The second-order valence-electron chi connectivity index (χ2n) is 5.61. The van der Waals surface area contributed by atoms with Gasteiger partial charge in [0.15, 0.2) is 0 Å². The maximum absolute atomic E-state index is 12.3. The van der Waals surface area contributed by atoms with Crippen LogP contribution in [0.15, 0.2) is 24.3 Å². The molecule has 0 saturated carbocycles. The third-order valence-corrected chi connectivity index (χ3v) is 3.90. The monoisotopic (exact) mass is 290 g/mol. The Morgan fingerprint density at radius 2 is 2.05 bits per heavy atom. The number of nitrogens with zero attached hydrogens (tertiary/aromatic N) is 2. The van der Waals surface area contributed by atoms with Gasteiger partial charge in [-0.15, -0.1) is 0 Å². The van der Waals surface area contributed by atoms with Crippen LogP contribution < -0.4 is 0 Å². The van der Waals surface area contributed by atoms with Crippen LogP contribution in [0, 0.1) is 0 Å². The highest BCUT2D eigenvalue weighted by Crippen LogP contribution is 2.22. The summed E-state index contributed by atoms with van der Waals surface area (Å²) in [4.78, 5) is 27.6. The molecule has 5 heteroatoms. The van der Waals surface area contributed by atoms with Crippen molar-refractivity contribution in [2.75, 3.05) is 20.6 Å². The van der Waals surface area contributed by atoms with Crippen molar-refractivity contribution in [3.63, 3.8) is 0 Å². The number of aryl methyl sites for hydroxylation is 1. The van der Waals surface area contributed by atoms with E-state index in [2.05, 4.69) is 0 Å². The molecule has 0 radical (unpaired) electrons. The number of likely N-dealkylation sites (tertiary alicyclic amines) is 1. The average Bonchev–Trinajstić information content (AvgIpc) is 2.94. The van der Waals surface area contributed by atoms with Gasteiger partial charge in [-0.25, -0.2) is 0 Å². The minimum atomic E-state index is -0.322. The Morgan fingerprint density at radius 3 is 2.71 bits per heavy atom. The van der Waals surface area contributed by atoms with Gasteiger partial charge in [-0.05, 0) is 30.9 Å². The molecule has 2 rings (SSSR count). The molecule has 0 spiro atoms. The zero-order valence-electron chi connectivity index (χ0n) is 12.6. The number of amides is 2. The maximum atomic E-state index is 12.3. The number of benzene rings is 1. The Labute approximate surface area is 125 Å². The summed E-state index contributed by atoms with van der Waals surface area (Å²) in [6.07, 6.45) is 2.41. The van der Waals surface area contributed by atoms with Gasteiger partial charge in [0.2, 0.25) is 11.8 Å². The molecular weight excluding hydrogens is 268 g/mol. The summed E-state index contributed by atoms with van der Waals surface area (Å²) < 4.78 is 0. The second-order valence-corrected chi connectivity index (χ2v) is 5.61. The Morgan fingerprint density at radius 1 is 1.33 bits per heavy atom. The number of hydrogen-bond donors (Lipinski definition) is 1. The van der Waals surface area contributed by atoms with Crippen LogP contribution in [0.5, 0.6) is 5.75 Å². The molecule has 5 nitrogen and oxygen atoms in total. The van der Waals surface area contributed by atoms with E-state index in [0.29, 0.717) is 19.4 Å². The fourth-order valence-electron chi connectivity index (χ4n) is 2.73. The first kappa shape index (κ1) is 15.4. The number of carbonyl (C=O) groups is 2. The van der Waals surface area contributed by atoms with E-state index in [1.807, 2.05) is 12.1 Å². The molecule has 1 fully saturated rings. The highest BCUT2D eigenvalue weighted by molar-refractivity contribution is 5.88. The first-order chi connectivity index (χ1) is 10.0. The van der Waals surface area contributed by atoms with Gasteiger partial charge in [-0.1, -0.05) is 18.2 Å². The molecule has 114 valence electrons. The van der Waals surface area contributed by atoms with Crippen LogP contribution >= 0.6 is 0 Å². The van der Waals surface area contributed by atoms with Crippen molar-refractivity contribution in [1.82, 2.24) is 9.80 Å². The first-order valence-electron chi connectivity index (χ1n) is 7.28. The van der Waals surface area contributed by atoms with Crippen molar-refractivity contribution in [3.8, 4) is 5.75 Å². The molecule has 21 heavy (non-hydrogen) atoms. The molecule has 1 heterocycles. The fourth-order valence-corrected chi connectivity index (χ4v) is 2.73. The van der Waals surface area contributed by atoms with E-state index in [1.54, 1.807) is 36.0 Å². The van der Waals surface area contributed by atoms with Crippen molar-refractivity contribution >= 4 is 11.8 Å². The lowest BCUT2D eigenvalue weighted by atomic mass is 10.1. The number of carbonyl (C=O) groups excluding carboxylic acids is 2. The molecular formula is C16H22N2O3. The molecule has 0 aliphatic carbocycles. The van der Waals surface area contributed by atoms with Crippen molar-refractivity contribution in [1.29, 1.82) is 0 Å². The molecule has 2 amide bonds. The summed E-state index contributed by atoms with van der Waals surface area (Å²) in [5, 5.41) is 9.72. The zero-order chi connectivity index (χ0) is 15.4. The Kier molecular flexibility index (Phi) is 4.83. The normalized spacial score (nSPS) is 17.8. The van der Waals surface area contributed by atoms with Crippen LogP contribution in [0.3, 0.4) is 0 Å². The predicted molar refractivity (Wildman–Crippen MR) is 79.9 cm³/mol. The molecule has 1 saturated heterocycles. The Bertz CT molecular complexity index is 528. The number of aromatic hydroxyl groups is 1. The lowest BCUT2D eigenvalue weighted by Crippen LogP contribution is -2.45. The molecule has 1 atom stereocenters. The van der Waals surface area contributed by atoms with Crippen LogP contribution in [-0.4, -0.2) is 53.4 Å². The standard InChI is InChI=1S/C16H22N2O3/c1-17(2)16(21)13-7-5-11-18(13)15(20)10-9-12-6-3-4-8-14(12)19/h3-4,6,8,13,19H,5,7,9-11H2,1-2H3. The van der Waals surface area contributed by atoms with E-state index in [4.69, 9.17) is 0 Å². The zero-order valence-corrected chi connectivity index (χ0v) is 12.6. The highest BCUT2D eigenvalue weighted by Gasteiger charge is 2.34. The smallest absolute Gasteiger partial charge is 0.244 e. The van der Waals surface area contributed by atoms with Gasteiger partial charge in [0, 0.05) is 27.1 Å². The predicted octanol–water partition coefficient (Wildman–Crippen LogP) is 1.40. The first-order valence-corrected chi connectivity index (χ1v) is 7.28. The molecule has 1 N–H and O–H groups in total. The van der Waals surface area contributed by atoms with Crippen LogP contribution in [0.2, 0.25) is 0 Å². The topological polar surface area (TPSA) is 60.9 Å². The highest BCUT2D eigenvalue weighted by atomic mass is 16.3. The van der Waals surface area contributed by atoms with E-state index in [9.17, 15) is 14.7 Å². The summed E-state index contributed by atoms with van der Waals surface area (Å²) in [5.41, 5.74) is 0.764. The summed E-state index contributed by atoms with van der Waals surface area (Å²) in [7, 11) is 3.43. The lowest BCUT2D eigenvalue weighted by molar-refractivity contribution is -0.142. The molecule has 0 bridgehead atoms. The van der Waals surface area contributed by atoms with Crippen molar-refractivity contribution in [2.45, 2.75) is 31.7 Å². The number of rotatable bonds is 4. The van der Waals surface area contributed by atoms with Crippen molar-refractivity contribution in [2.24, 2.45) is 0 Å². The summed E-state index contributed by atoms with van der Waals surface area (Å²) in [5.74, 6) is 0.187. The van der Waals surface area contributed by atoms with Crippen molar-refractivity contribution in [3.05, 3.63) is 29.8 Å². The average molecular weight is 290 g/mol. The molecule has 1 aromatic carbocycles.